The Morgan fingerprint density at radius 2 is 1.19 bits per heavy atom. The first kappa shape index (κ1) is 45.3. The molecule has 12 nitrogen and oxygen atoms in total. The summed E-state index contributed by atoms with van der Waals surface area (Å²) in [6.07, 6.45) is -8.70. The van der Waals surface area contributed by atoms with Gasteiger partial charge in [-0.15, -0.1) is 0 Å². The van der Waals surface area contributed by atoms with Crippen LogP contribution >= 0.6 is 22.6 Å². The van der Waals surface area contributed by atoms with Gasteiger partial charge in [0.1, 0.15) is 53.3 Å². The van der Waals surface area contributed by atoms with Crippen molar-refractivity contribution in [2.75, 3.05) is 13.2 Å². The molecule has 1 N–H and O–H groups in total. The Bertz CT molecular complexity index is 1680. The van der Waals surface area contributed by atoms with Crippen LogP contribution in [0.25, 0.3) is 0 Å². The van der Waals surface area contributed by atoms with Gasteiger partial charge in [0, 0.05) is 13.8 Å². The van der Waals surface area contributed by atoms with Crippen molar-refractivity contribution in [3.8, 4) is 0 Å². The monoisotopic (exact) mass is 920 g/mol. The quantitative estimate of drug-likeness (QED) is 0.0654. The van der Waals surface area contributed by atoms with Gasteiger partial charge in [-0.25, -0.2) is 0 Å². The Morgan fingerprint density at radius 1 is 0.684 bits per heavy atom. The first-order valence-corrected chi connectivity index (χ1v) is 23.5. The summed E-state index contributed by atoms with van der Waals surface area (Å²) in [6, 6.07) is 29.0. The van der Waals surface area contributed by atoms with Gasteiger partial charge in [0.25, 0.3) is 0 Å². The van der Waals surface area contributed by atoms with E-state index in [2.05, 4.69) is 56.5 Å². The van der Waals surface area contributed by atoms with Crippen molar-refractivity contribution in [2.45, 2.75) is 132 Å². The molecular formula is C43H57IO12Si. The highest BCUT2D eigenvalue weighted by Crippen LogP contribution is 2.42. The molecule has 57 heavy (non-hydrogen) atoms. The third-order valence-corrected chi connectivity index (χ3v) is 16.2. The molecule has 2 aliphatic rings. The molecule has 312 valence electrons. The lowest BCUT2D eigenvalue weighted by Gasteiger charge is -2.50. The molecule has 2 heterocycles. The van der Waals surface area contributed by atoms with Crippen LogP contribution in [0.3, 0.4) is 0 Å². The number of alkyl halides is 1. The summed E-state index contributed by atoms with van der Waals surface area (Å²) in [5.74, 6) is -1.01. The lowest BCUT2D eigenvalue weighted by Crippen LogP contribution is -2.66. The third kappa shape index (κ3) is 12.9. The van der Waals surface area contributed by atoms with E-state index >= 15 is 0 Å². The van der Waals surface area contributed by atoms with Crippen molar-refractivity contribution in [2.24, 2.45) is 0 Å². The molecule has 0 aromatic heterocycles. The first-order valence-electron chi connectivity index (χ1n) is 19.3. The Kier molecular flexibility index (Phi) is 16.7. The molecule has 10 atom stereocenters. The topological polar surface area (TPSA) is 137 Å². The molecule has 0 amide bonds. The summed E-state index contributed by atoms with van der Waals surface area (Å²) >= 11 is 2.17. The van der Waals surface area contributed by atoms with Crippen LogP contribution in [-0.2, 0) is 71.7 Å². The van der Waals surface area contributed by atoms with Gasteiger partial charge >= 0.3 is 11.9 Å². The van der Waals surface area contributed by atoms with Crippen molar-refractivity contribution in [1.82, 2.24) is 0 Å². The van der Waals surface area contributed by atoms with Gasteiger partial charge < -0.3 is 47.4 Å². The SMILES string of the molecule is CC(=O)OC[C@H]1O[C@@H](O[C@H]2[C@H](OCc3ccccc3)[C@@H](OCc3ccccc3)[C@@H](O)O[C@@H]2COCc2ccccc2)[C@H](I)[C@@H](OC(C)=O)[C@@H]1O[Si](C)(C)C(C)(C)C. The normalized spacial score (nSPS) is 28.1. The van der Waals surface area contributed by atoms with Crippen molar-refractivity contribution in [3.05, 3.63) is 108 Å². The summed E-state index contributed by atoms with van der Waals surface area (Å²) in [6.45, 7) is 13.7. The third-order valence-electron chi connectivity index (χ3n) is 10.4. The molecule has 0 unspecified atom stereocenters. The summed E-state index contributed by atoms with van der Waals surface area (Å²) in [4.78, 5) is 24.9. The predicted octanol–water partition coefficient (Wildman–Crippen LogP) is 6.89. The lowest BCUT2D eigenvalue weighted by atomic mass is 9.97. The fourth-order valence-corrected chi connectivity index (χ4v) is 8.63. The van der Waals surface area contributed by atoms with E-state index in [1.54, 1.807) is 0 Å². The molecular weight excluding hydrogens is 863 g/mol. The fraction of sp³-hybridized carbons (Fsp3) is 0.535. The number of aliphatic hydroxyl groups excluding tert-OH is 1. The van der Waals surface area contributed by atoms with E-state index in [0.717, 1.165) is 16.7 Å². The zero-order chi connectivity index (χ0) is 41.2. The number of rotatable bonds is 17. The van der Waals surface area contributed by atoms with Gasteiger partial charge in [0.15, 0.2) is 20.9 Å². The highest BCUT2D eigenvalue weighted by atomic mass is 127. The second-order valence-electron chi connectivity index (χ2n) is 15.9. The van der Waals surface area contributed by atoms with E-state index in [0.29, 0.717) is 0 Å². The molecule has 0 bridgehead atoms. The van der Waals surface area contributed by atoms with Gasteiger partial charge in [-0.05, 0) is 34.8 Å². The van der Waals surface area contributed by atoms with Crippen molar-refractivity contribution < 1.29 is 57.0 Å². The van der Waals surface area contributed by atoms with E-state index in [1.165, 1.54) is 13.8 Å². The number of ether oxygens (including phenoxy) is 8. The van der Waals surface area contributed by atoms with Crippen LogP contribution in [0.1, 0.15) is 51.3 Å². The summed E-state index contributed by atoms with van der Waals surface area (Å²) in [5, 5.41) is 11.4. The van der Waals surface area contributed by atoms with Gasteiger partial charge in [-0.1, -0.05) is 134 Å². The van der Waals surface area contributed by atoms with Crippen LogP contribution < -0.4 is 0 Å². The molecule has 5 rings (SSSR count). The minimum absolute atomic E-state index is 0.0210. The van der Waals surface area contributed by atoms with Crippen molar-refractivity contribution in [3.63, 3.8) is 0 Å². The van der Waals surface area contributed by atoms with E-state index < -0.39 is 79.5 Å². The van der Waals surface area contributed by atoms with E-state index in [1.807, 2.05) is 91.0 Å². The first-order chi connectivity index (χ1) is 27.1. The highest BCUT2D eigenvalue weighted by Gasteiger charge is 2.55. The maximum Gasteiger partial charge on any atom is 0.303 e. The van der Waals surface area contributed by atoms with Gasteiger partial charge in [0.2, 0.25) is 0 Å². The predicted molar refractivity (Wildman–Crippen MR) is 223 cm³/mol. The second-order valence-corrected chi connectivity index (χ2v) is 22.1. The number of carbonyl (C=O) groups is 2. The number of carbonyl (C=O) groups excluding carboxylic acids is 2. The van der Waals surface area contributed by atoms with E-state index in [4.69, 9.17) is 42.3 Å². The lowest BCUT2D eigenvalue weighted by molar-refractivity contribution is -0.346. The molecule has 3 aromatic carbocycles. The molecule has 3 aromatic rings. The number of aliphatic hydroxyl groups is 1. The zero-order valence-electron chi connectivity index (χ0n) is 33.8. The van der Waals surface area contributed by atoms with Crippen LogP contribution in [0.2, 0.25) is 18.1 Å². The largest absolute Gasteiger partial charge is 0.463 e. The van der Waals surface area contributed by atoms with Crippen molar-refractivity contribution in [1.29, 1.82) is 0 Å². The van der Waals surface area contributed by atoms with E-state index in [9.17, 15) is 14.7 Å². The van der Waals surface area contributed by atoms with Gasteiger partial charge in [0.05, 0.1) is 26.4 Å². The Labute approximate surface area is 351 Å². The van der Waals surface area contributed by atoms with Crippen LogP contribution in [0, 0.1) is 0 Å². The number of benzene rings is 3. The van der Waals surface area contributed by atoms with Crippen molar-refractivity contribution >= 4 is 42.8 Å². The second kappa shape index (κ2) is 21.0. The molecule has 0 radical (unpaired) electrons. The van der Waals surface area contributed by atoms with Crippen LogP contribution in [0.4, 0.5) is 0 Å². The standard InChI is InChI=1S/C43H57IO12Si/c1-28(45)49-27-34-37(56-57(6,7)43(3,4)5)38(52-29(2)46)35(44)42(54-34)55-36-33(26-48-23-30-17-11-8-12-18-30)53-41(47)40(51-25-32-21-15-10-16-22-32)39(36)50-24-31-19-13-9-14-20-31/h8-22,33-42,47H,23-27H2,1-7H3/t33-,34-,35-,36-,37-,38-,39+,40-,41+,42+/m1/s1. The Balaban J connectivity index is 1.51. The zero-order valence-corrected chi connectivity index (χ0v) is 36.9. The smallest absolute Gasteiger partial charge is 0.303 e. The average molecular weight is 921 g/mol. The Morgan fingerprint density at radius 3 is 1.70 bits per heavy atom. The molecule has 0 aliphatic carbocycles. The minimum atomic E-state index is -2.50. The number of esters is 2. The van der Waals surface area contributed by atoms with Gasteiger partial charge in [-0.2, -0.15) is 0 Å². The summed E-state index contributed by atoms with van der Waals surface area (Å²) in [5.41, 5.74) is 2.75. The van der Waals surface area contributed by atoms with Gasteiger partial charge in [-0.3, -0.25) is 9.59 Å². The van der Waals surface area contributed by atoms with Crippen LogP contribution in [-0.4, -0.2) is 97.8 Å². The Hall–Kier alpha value is -2.77. The molecule has 2 aliphatic heterocycles. The van der Waals surface area contributed by atoms with Crippen LogP contribution in [0.5, 0.6) is 0 Å². The summed E-state index contributed by atoms with van der Waals surface area (Å²) < 4.78 is 57.1. The molecule has 0 saturated carbocycles. The minimum Gasteiger partial charge on any atom is -0.463 e. The maximum absolute atomic E-state index is 12.7. The van der Waals surface area contributed by atoms with Crippen LogP contribution in [0.15, 0.2) is 91.0 Å². The average Bonchev–Trinajstić information content (AvgIpc) is 3.17. The maximum atomic E-state index is 12.7. The molecule has 2 fully saturated rings. The molecule has 2 saturated heterocycles. The highest BCUT2D eigenvalue weighted by molar-refractivity contribution is 14.1. The summed E-state index contributed by atoms with van der Waals surface area (Å²) in [7, 11) is -2.50. The number of halogens is 1. The molecule has 14 heteroatoms. The fourth-order valence-electron chi connectivity index (χ4n) is 6.41. The number of hydrogen-bond acceptors (Lipinski definition) is 12. The number of hydrogen-bond donors (Lipinski definition) is 1. The van der Waals surface area contributed by atoms with E-state index in [-0.39, 0.29) is 38.1 Å². The molecule has 0 spiro atoms.